The number of esters is 1. The van der Waals surface area contributed by atoms with Crippen LogP contribution in [-0.4, -0.2) is 32.0 Å². The Balaban J connectivity index is 1.70. The number of phenolic OH excluding ortho intramolecular Hbond substituents is 1. The first-order valence-electron chi connectivity index (χ1n) is 11.9. The average molecular weight is 515 g/mol. The van der Waals surface area contributed by atoms with E-state index in [1.807, 2.05) is 54.9 Å². The van der Waals surface area contributed by atoms with Gasteiger partial charge < -0.3 is 9.84 Å². The molecule has 3 heterocycles. The molecule has 37 heavy (non-hydrogen) atoms. The molecule has 1 aliphatic rings. The summed E-state index contributed by atoms with van der Waals surface area (Å²) >= 11 is 1.27. The van der Waals surface area contributed by atoms with Gasteiger partial charge >= 0.3 is 5.97 Å². The van der Waals surface area contributed by atoms with E-state index in [0.29, 0.717) is 26.2 Å². The van der Waals surface area contributed by atoms with Gasteiger partial charge in [0.25, 0.3) is 5.56 Å². The number of allylic oxidation sites excluding steroid dienone is 1. The van der Waals surface area contributed by atoms with Gasteiger partial charge in [0.15, 0.2) is 4.80 Å². The van der Waals surface area contributed by atoms with Gasteiger partial charge in [0.1, 0.15) is 5.75 Å². The number of aryl methyl sites for hydroxylation is 1. The van der Waals surface area contributed by atoms with Crippen molar-refractivity contribution in [1.29, 1.82) is 0 Å². The number of carbonyl (C=O) groups is 1. The van der Waals surface area contributed by atoms with E-state index in [1.165, 1.54) is 28.0 Å². The van der Waals surface area contributed by atoms with Crippen molar-refractivity contribution in [2.75, 3.05) is 6.61 Å². The summed E-state index contributed by atoms with van der Waals surface area (Å²) in [4.78, 5) is 31.9. The fourth-order valence-electron chi connectivity index (χ4n) is 4.58. The Labute approximate surface area is 217 Å². The Bertz CT molecular complexity index is 1710. The van der Waals surface area contributed by atoms with Gasteiger partial charge in [-0.3, -0.25) is 9.36 Å². The SMILES string of the molecule is CCOC(=O)C1=C(C)N=c2s/c(=C/c3c(C)nn(-c4ccccc4)c3C)c(=O)n2[C@H]1c1ccc(O)cc1. The van der Waals surface area contributed by atoms with Gasteiger partial charge in [0, 0.05) is 11.3 Å². The summed E-state index contributed by atoms with van der Waals surface area (Å²) in [6.07, 6.45) is 1.85. The number of aromatic nitrogens is 3. The Morgan fingerprint density at radius 3 is 2.49 bits per heavy atom. The van der Waals surface area contributed by atoms with Crippen LogP contribution in [0.25, 0.3) is 11.8 Å². The van der Waals surface area contributed by atoms with E-state index in [4.69, 9.17) is 9.84 Å². The van der Waals surface area contributed by atoms with E-state index in [2.05, 4.69) is 4.99 Å². The second kappa shape index (κ2) is 9.67. The molecule has 0 saturated carbocycles. The maximum atomic E-state index is 13.8. The zero-order chi connectivity index (χ0) is 26.3. The van der Waals surface area contributed by atoms with Crippen molar-refractivity contribution >= 4 is 23.4 Å². The first kappa shape index (κ1) is 24.5. The van der Waals surface area contributed by atoms with Crippen molar-refractivity contribution in [1.82, 2.24) is 14.3 Å². The number of rotatable bonds is 5. The van der Waals surface area contributed by atoms with Crippen LogP contribution in [0.5, 0.6) is 5.75 Å². The summed E-state index contributed by atoms with van der Waals surface area (Å²) in [5.74, 6) is -0.428. The minimum atomic E-state index is -0.729. The van der Waals surface area contributed by atoms with Crippen LogP contribution in [0.2, 0.25) is 0 Å². The van der Waals surface area contributed by atoms with Crippen molar-refractivity contribution < 1.29 is 14.6 Å². The monoisotopic (exact) mass is 514 g/mol. The molecule has 0 spiro atoms. The highest BCUT2D eigenvalue weighted by Gasteiger charge is 2.33. The molecule has 0 saturated heterocycles. The predicted octanol–water partition coefficient (Wildman–Crippen LogP) is 3.31. The van der Waals surface area contributed by atoms with Crippen molar-refractivity contribution in [3.8, 4) is 11.4 Å². The lowest BCUT2D eigenvalue weighted by atomic mass is 9.96. The fourth-order valence-corrected chi connectivity index (χ4v) is 5.61. The molecule has 1 aliphatic heterocycles. The molecule has 0 fully saturated rings. The molecule has 1 atom stereocenters. The number of thiazole rings is 1. The zero-order valence-corrected chi connectivity index (χ0v) is 21.7. The molecule has 0 aliphatic carbocycles. The summed E-state index contributed by atoms with van der Waals surface area (Å²) in [5.41, 5.74) is 4.71. The van der Waals surface area contributed by atoms with Gasteiger partial charge in [-0.15, -0.1) is 0 Å². The van der Waals surface area contributed by atoms with Crippen LogP contribution in [0.1, 0.15) is 42.4 Å². The van der Waals surface area contributed by atoms with Gasteiger partial charge in [-0.25, -0.2) is 14.5 Å². The maximum Gasteiger partial charge on any atom is 0.338 e. The van der Waals surface area contributed by atoms with Gasteiger partial charge in [-0.2, -0.15) is 5.10 Å². The number of fused-ring (bicyclic) bond motifs is 1. The molecule has 9 heteroatoms. The lowest BCUT2D eigenvalue weighted by Crippen LogP contribution is -2.39. The van der Waals surface area contributed by atoms with E-state index in [9.17, 15) is 14.7 Å². The third kappa shape index (κ3) is 4.31. The number of benzene rings is 2. The summed E-state index contributed by atoms with van der Waals surface area (Å²) < 4.78 is 9.21. The maximum absolute atomic E-state index is 13.8. The molecule has 2 aromatic carbocycles. The number of hydrogen-bond donors (Lipinski definition) is 1. The van der Waals surface area contributed by atoms with Crippen molar-refractivity contribution in [3.05, 3.63) is 108 Å². The van der Waals surface area contributed by atoms with Gasteiger partial charge in [-0.1, -0.05) is 41.7 Å². The minimum absolute atomic E-state index is 0.0934. The number of hydrogen-bond acceptors (Lipinski definition) is 7. The molecule has 5 rings (SSSR count). The Morgan fingerprint density at radius 2 is 1.81 bits per heavy atom. The Morgan fingerprint density at radius 1 is 1.11 bits per heavy atom. The number of nitrogens with zero attached hydrogens (tertiary/aromatic N) is 4. The molecule has 0 unspecified atom stereocenters. The van der Waals surface area contributed by atoms with Crippen LogP contribution in [0.4, 0.5) is 0 Å². The highest BCUT2D eigenvalue weighted by molar-refractivity contribution is 7.07. The smallest absolute Gasteiger partial charge is 0.338 e. The minimum Gasteiger partial charge on any atom is -0.508 e. The second-order valence-electron chi connectivity index (χ2n) is 8.73. The Hall–Kier alpha value is -4.24. The van der Waals surface area contributed by atoms with Crippen LogP contribution >= 0.6 is 11.3 Å². The van der Waals surface area contributed by atoms with Gasteiger partial charge in [0.2, 0.25) is 0 Å². The average Bonchev–Trinajstić information content (AvgIpc) is 3.34. The Kier molecular flexibility index (Phi) is 6.39. The number of aromatic hydroxyl groups is 1. The largest absolute Gasteiger partial charge is 0.508 e. The van der Waals surface area contributed by atoms with Crippen molar-refractivity contribution in [3.63, 3.8) is 0 Å². The lowest BCUT2D eigenvalue weighted by Gasteiger charge is -2.24. The van der Waals surface area contributed by atoms with Crippen LogP contribution in [0, 0.1) is 13.8 Å². The number of ether oxygens (including phenoxy) is 1. The fraction of sp³-hybridized carbons (Fsp3) is 0.214. The summed E-state index contributed by atoms with van der Waals surface area (Å²) in [6, 6.07) is 15.6. The van der Waals surface area contributed by atoms with Gasteiger partial charge in [0.05, 0.1) is 39.8 Å². The molecular weight excluding hydrogens is 488 g/mol. The highest BCUT2D eigenvalue weighted by atomic mass is 32.1. The molecular formula is C28H26N4O4S. The predicted molar refractivity (Wildman–Crippen MR) is 142 cm³/mol. The second-order valence-corrected chi connectivity index (χ2v) is 9.73. The standard InChI is InChI=1S/C28H26N4O4S/c1-5-36-27(35)24-17(3)29-28-31(25(24)19-11-13-21(33)14-12-19)26(34)23(37-28)15-22-16(2)30-32(18(22)4)20-9-7-6-8-10-20/h6-15,25,33H,5H2,1-4H3/b23-15+/t25-/m0/s1. The quantitative estimate of drug-likeness (QED) is 0.412. The number of para-hydroxylation sites is 1. The lowest BCUT2D eigenvalue weighted by molar-refractivity contribution is -0.139. The first-order valence-corrected chi connectivity index (χ1v) is 12.7. The summed E-state index contributed by atoms with van der Waals surface area (Å²) in [7, 11) is 0. The van der Waals surface area contributed by atoms with Crippen molar-refractivity contribution in [2.45, 2.75) is 33.7 Å². The molecule has 0 radical (unpaired) electrons. The van der Waals surface area contributed by atoms with E-state index in [-0.39, 0.29) is 17.9 Å². The van der Waals surface area contributed by atoms with Crippen LogP contribution in [0.15, 0.2) is 75.7 Å². The molecule has 8 nitrogen and oxygen atoms in total. The normalized spacial score (nSPS) is 15.5. The van der Waals surface area contributed by atoms with Crippen LogP contribution in [0.3, 0.4) is 0 Å². The molecule has 2 aromatic heterocycles. The van der Waals surface area contributed by atoms with E-state index in [0.717, 1.165) is 22.6 Å². The third-order valence-corrected chi connectivity index (χ3v) is 7.33. The molecule has 0 bridgehead atoms. The molecule has 1 N–H and O–H groups in total. The molecule has 4 aromatic rings. The summed E-state index contributed by atoms with van der Waals surface area (Å²) in [5, 5.41) is 14.5. The number of phenols is 1. The highest BCUT2D eigenvalue weighted by Crippen LogP contribution is 2.31. The number of carbonyl (C=O) groups excluding carboxylic acids is 1. The topological polar surface area (TPSA) is 98.7 Å². The van der Waals surface area contributed by atoms with Gasteiger partial charge in [-0.05, 0) is 63.6 Å². The van der Waals surface area contributed by atoms with Crippen LogP contribution < -0.4 is 14.9 Å². The zero-order valence-electron chi connectivity index (χ0n) is 20.9. The van der Waals surface area contributed by atoms with Crippen molar-refractivity contribution in [2.24, 2.45) is 4.99 Å². The third-order valence-electron chi connectivity index (χ3n) is 6.35. The molecule has 188 valence electrons. The van der Waals surface area contributed by atoms with Crippen LogP contribution in [-0.2, 0) is 9.53 Å². The first-order chi connectivity index (χ1) is 17.8. The van der Waals surface area contributed by atoms with E-state index >= 15 is 0 Å². The van der Waals surface area contributed by atoms with E-state index in [1.54, 1.807) is 26.0 Å². The summed E-state index contributed by atoms with van der Waals surface area (Å²) in [6.45, 7) is 7.57. The van der Waals surface area contributed by atoms with E-state index < -0.39 is 12.0 Å². The molecule has 0 amide bonds.